The van der Waals surface area contributed by atoms with Gasteiger partial charge in [-0.05, 0) is 48.2 Å². The summed E-state index contributed by atoms with van der Waals surface area (Å²) in [6.07, 6.45) is 2.03. The number of aryl methyl sites for hydroxylation is 1. The third-order valence-corrected chi connectivity index (χ3v) is 8.56. The van der Waals surface area contributed by atoms with Gasteiger partial charge in [0, 0.05) is 31.5 Å². The largest absolute Gasteiger partial charge is 0.293 e. The Hall–Kier alpha value is -3.95. The van der Waals surface area contributed by atoms with Crippen molar-refractivity contribution in [1.82, 2.24) is 14.7 Å². The molecule has 196 valence electrons. The second-order valence-electron chi connectivity index (χ2n) is 9.68. The first-order chi connectivity index (χ1) is 18.8. The molecule has 0 radical (unpaired) electrons. The molecule has 0 fully saturated rings. The van der Waals surface area contributed by atoms with Crippen LogP contribution < -0.4 is 0 Å². The zero-order chi connectivity index (χ0) is 27.3. The van der Waals surface area contributed by atoms with Gasteiger partial charge in [-0.25, -0.2) is 4.39 Å². The highest BCUT2D eigenvalue weighted by Crippen LogP contribution is 2.39. The maximum atomic E-state index is 13.9. The van der Waals surface area contributed by atoms with Gasteiger partial charge in [0.2, 0.25) is 0 Å². The normalized spacial score (nSPS) is 15.1. The summed E-state index contributed by atoms with van der Waals surface area (Å²) in [4.78, 5) is 54.5. The number of Topliss-reactive ketones (excluding diaryl/α,β-unsaturated/α-hetero) is 2. The predicted molar refractivity (Wildman–Crippen MR) is 144 cm³/mol. The first kappa shape index (κ1) is 25.3. The van der Waals surface area contributed by atoms with Crippen LogP contribution in [0.25, 0.3) is 11.3 Å². The van der Waals surface area contributed by atoms with Gasteiger partial charge in [-0.15, -0.1) is 11.3 Å². The van der Waals surface area contributed by atoms with E-state index in [1.54, 1.807) is 47.1 Å². The summed E-state index contributed by atoms with van der Waals surface area (Å²) in [6, 6.07) is 14.3. The quantitative estimate of drug-likeness (QED) is 0.213. The average molecular weight is 562 g/mol. The minimum Gasteiger partial charge on any atom is -0.293 e. The van der Waals surface area contributed by atoms with Crippen LogP contribution in [-0.2, 0) is 13.0 Å². The molecule has 0 bridgehead atoms. The number of amides is 2. The van der Waals surface area contributed by atoms with Gasteiger partial charge in [-0.1, -0.05) is 35.9 Å². The second-order valence-corrected chi connectivity index (χ2v) is 11.1. The van der Waals surface area contributed by atoms with Crippen molar-refractivity contribution in [2.75, 3.05) is 6.54 Å². The second kappa shape index (κ2) is 9.98. The molecule has 6 rings (SSSR count). The predicted octanol–water partition coefficient (Wildman–Crippen LogP) is 5.72. The Balaban J connectivity index is 1.30. The van der Waals surface area contributed by atoms with Crippen molar-refractivity contribution in [2.45, 2.75) is 25.8 Å². The molecule has 0 saturated carbocycles. The first-order valence-electron chi connectivity index (χ1n) is 12.4. The Bertz CT molecular complexity index is 1640. The van der Waals surface area contributed by atoms with E-state index in [0.717, 1.165) is 16.2 Å². The van der Waals surface area contributed by atoms with Crippen LogP contribution in [0, 0.1) is 11.7 Å². The third-order valence-electron chi connectivity index (χ3n) is 7.07. The summed E-state index contributed by atoms with van der Waals surface area (Å²) in [6.45, 7) is 0.402. The van der Waals surface area contributed by atoms with Crippen molar-refractivity contribution >= 4 is 46.3 Å². The summed E-state index contributed by atoms with van der Waals surface area (Å²) >= 11 is 7.49. The maximum absolute atomic E-state index is 13.9. The average Bonchev–Trinajstić information content (AvgIpc) is 3.56. The lowest BCUT2D eigenvalue weighted by Gasteiger charge is -2.22. The van der Waals surface area contributed by atoms with Gasteiger partial charge in [-0.3, -0.25) is 28.8 Å². The topological polar surface area (TPSA) is 89.3 Å². The van der Waals surface area contributed by atoms with E-state index >= 15 is 0 Å². The molecule has 10 heteroatoms. The Morgan fingerprint density at radius 1 is 1.03 bits per heavy atom. The van der Waals surface area contributed by atoms with E-state index in [-0.39, 0.29) is 37.4 Å². The van der Waals surface area contributed by atoms with Crippen molar-refractivity contribution in [2.24, 2.45) is 5.92 Å². The van der Waals surface area contributed by atoms with Crippen LogP contribution in [0.4, 0.5) is 4.39 Å². The zero-order valence-corrected chi connectivity index (χ0v) is 22.1. The molecule has 2 aromatic heterocycles. The Morgan fingerprint density at radius 3 is 2.49 bits per heavy atom. The highest BCUT2D eigenvalue weighted by atomic mass is 35.5. The van der Waals surface area contributed by atoms with Gasteiger partial charge >= 0.3 is 0 Å². The molecule has 0 aliphatic carbocycles. The van der Waals surface area contributed by atoms with Crippen LogP contribution in [0.15, 0.2) is 60.8 Å². The van der Waals surface area contributed by atoms with Gasteiger partial charge in [0.05, 0.1) is 37.8 Å². The van der Waals surface area contributed by atoms with Crippen LogP contribution in [0.5, 0.6) is 0 Å². The molecule has 0 saturated heterocycles. The lowest BCUT2D eigenvalue weighted by Crippen LogP contribution is -2.36. The van der Waals surface area contributed by atoms with Gasteiger partial charge in [0.25, 0.3) is 11.8 Å². The van der Waals surface area contributed by atoms with Gasteiger partial charge in [-0.2, -0.15) is 5.10 Å². The standard InChI is InChI=1S/C29H21ClFN3O4S/c30-22-14-32-34-9-8-23(35)27-21(26(22)34)13-25(39-27)24(36)12-17(10-16-4-3-5-18(31)11-16)15-33-28(37)19-6-1-2-7-20(19)29(33)38/h1-7,11,13-14,17H,8-10,12,15H2/t17-/m1/s1. The van der Waals surface area contributed by atoms with E-state index in [9.17, 15) is 23.6 Å². The molecule has 7 nitrogen and oxygen atoms in total. The molecular formula is C29H21ClFN3O4S. The number of halogens is 2. The maximum Gasteiger partial charge on any atom is 0.261 e. The van der Waals surface area contributed by atoms with E-state index in [2.05, 4.69) is 5.10 Å². The number of aromatic nitrogens is 2. The van der Waals surface area contributed by atoms with Crippen molar-refractivity contribution in [3.63, 3.8) is 0 Å². The van der Waals surface area contributed by atoms with Crippen molar-refractivity contribution in [3.05, 3.63) is 98.1 Å². The number of thiophene rings is 1. The summed E-state index contributed by atoms with van der Waals surface area (Å²) in [5.74, 6) is -2.04. The number of benzene rings is 2. The number of carbonyl (C=O) groups is 4. The first-order valence-corrected chi connectivity index (χ1v) is 13.6. The van der Waals surface area contributed by atoms with Gasteiger partial charge < -0.3 is 0 Å². The van der Waals surface area contributed by atoms with Crippen molar-refractivity contribution in [1.29, 1.82) is 0 Å². The van der Waals surface area contributed by atoms with Crippen LogP contribution in [-0.4, -0.2) is 44.6 Å². The number of nitrogens with zero attached hydrogens (tertiary/aromatic N) is 3. The van der Waals surface area contributed by atoms with Crippen LogP contribution >= 0.6 is 22.9 Å². The summed E-state index contributed by atoms with van der Waals surface area (Å²) in [7, 11) is 0. The lowest BCUT2D eigenvalue weighted by atomic mass is 9.93. The number of ketones is 2. The minimum absolute atomic E-state index is 0.00276. The number of imide groups is 1. The summed E-state index contributed by atoms with van der Waals surface area (Å²) < 4.78 is 15.6. The number of hydrogen-bond acceptors (Lipinski definition) is 6. The SMILES string of the molecule is O=C(C[C@@H](Cc1cccc(F)c1)CN1C(=O)c2ccccc2C1=O)c1cc2c(s1)C(=O)CCn1ncc(Cl)c1-2. The van der Waals surface area contributed by atoms with Crippen LogP contribution in [0.2, 0.25) is 5.02 Å². The number of fused-ring (bicyclic) bond motifs is 4. The van der Waals surface area contributed by atoms with Gasteiger partial charge in [0.1, 0.15) is 5.82 Å². The van der Waals surface area contributed by atoms with Crippen molar-refractivity contribution in [3.8, 4) is 11.3 Å². The third kappa shape index (κ3) is 4.62. The highest BCUT2D eigenvalue weighted by molar-refractivity contribution is 7.16. The molecule has 0 N–H and O–H groups in total. The molecule has 2 aliphatic rings. The van der Waals surface area contributed by atoms with Crippen LogP contribution in [0.3, 0.4) is 0 Å². The van der Waals surface area contributed by atoms with Crippen LogP contribution in [0.1, 0.15) is 58.5 Å². The molecule has 2 aliphatic heterocycles. The fourth-order valence-electron chi connectivity index (χ4n) is 5.26. The molecule has 0 spiro atoms. The number of rotatable bonds is 7. The van der Waals surface area contributed by atoms with E-state index in [1.165, 1.54) is 18.3 Å². The molecule has 0 unspecified atom stereocenters. The van der Waals surface area contributed by atoms with E-state index < -0.39 is 23.5 Å². The zero-order valence-electron chi connectivity index (χ0n) is 20.5. The smallest absolute Gasteiger partial charge is 0.261 e. The Kier molecular flexibility index (Phi) is 6.48. The van der Waals surface area contributed by atoms with Gasteiger partial charge in [0.15, 0.2) is 11.6 Å². The van der Waals surface area contributed by atoms with E-state index in [4.69, 9.17) is 11.6 Å². The highest BCUT2D eigenvalue weighted by Gasteiger charge is 2.37. The summed E-state index contributed by atoms with van der Waals surface area (Å²) in [5.41, 5.74) is 2.49. The molecule has 4 heterocycles. The minimum atomic E-state index is -0.478. The molecule has 4 aromatic rings. The monoisotopic (exact) mass is 561 g/mol. The fraction of sp³-hybridized carbons (Fsp3) is 0.207. The Morgan fingerprint density at radius 2 is 1.77 bits per heavy atom. The number of carbonyl (C=O) groups excluding carboxylic acids is 4. The molecule has 39 heavy (non-hydrogen) atoms. The summed E-state index contributed by atoms with van der Waals surface area (Å²) in [5, 5.41) is 4.65. The van der Waals surface area contributed by atoms with E-state index in [0.29, 0.717) is 49.3 Å². The number of hydrogen-bond donors (Lipinski definition) is 0. The molecular weight excluding hydrogens is 541 g/mol. The Labute approximate surface area is 231 Å². The lowest BCUT2D eigenvalue weighted by molar-refractivity contribution is 0.0617. The van der Waals surface area contributed by atoms with Crippen molar-refractivity contribution < 1.29 is 23.6 Å². The fourth-order valence-corrected chi connectivity index (χ4v) is 6.58. The van der Waals surface area contributed by atoms with E-state index in [1.807, 2.05) is 0 Å². The molecule has 2 amide bonds. The molecule has 1 atom stereocenters. The molecule has 2 aromatic carbocycles.